The summed E-state index contributed by atoms with van der Waals surface area (Å²) in [5.74, 6) is -0.166. The van der Waals surface area contributed by atoms with Gasteiger partial charge in [0.2, 0.25) is 5.91 Å². The summed E-state index contributed by atoms with van der Waals surface area (Å²) >= 11 is 0. The summed E-state index contributed by atoms with van der Waals surface area (Å²) < 4.78 is 0. The highest BCUT2D eigenvalue weighted by Gasteiger charge is 2.32. The van der Waals surface area contributed by atoms with Gasteiger partial charge in [-0.3, -0.25) is 10.1 Å². The highest BCUT2D eigenvalue weighted by molar-refractivity contribution is 5.96. The van der Waals surface area contributed by atoms with E-state index >= 15 is 0 Å². The molecular weight excluding hydrogens is 228 g/mol. The van der Waals surface area contributed by atoms with Crippen LogP contribution in [0.1, 0.15) is 36.4 Å². The van der Waals surface area contributed by atoms with Gasteiger partial charge in [0.25, 0.3) is 0 Å². The summed E-state index contributed by atoms with van der Waals surface area (Å²) in [5, 5.41) is 2.41. The lowest BCUT2D eigenvalue weighted by molar-refractivity contribution is -0.121. The van der Waals surface area contributed by atoms with Crippen LogP contribution in [-0.4, -0.2) is 23.4 Å². The van der Waals surface area contributed by atoms with E-state index in [-0.39, 0.29) is 18.0 Å². The zero-order valence-corrected chi connectivity index (χ0v) is 10.2. The fourth-order valence-corrected chi connectivity index (χ4v) is 2.93. The maximum atomic E-state index is 11.9. The molecule has 1 unspecified atom stereocenters. The molecule has 1 atom stereocenters. The monoisotopic (exact) mass is 244 g/mol. The average Bonchev–Trinajstić information content (AvgIpc) is 2.38. The first-order chi connectivity index (χ1) is 8.75. The van der Waals surface area contributed by atoms with Gasteiger partial charge in [-0.05, 0) is 30.4 Å². The highest BCUT2D eigenvalue weighted by Crippen LogP contribution is 2.34. The first-order valence-corrected chi connectivity index (χ1v) is 6.44. The standard InChI is InChI=1S/C14H16N2O2/c17-13-8-9-16(14(18)15-13)12-7-3-5-10-4-1-2-6-11(10)12/h1-2,4,6,12H,3,5,7-9H2,(H,15,17,18). The molecule has 4 heteroatoms. The van der Waals surface area contributed by atoms with E-state index in [2.05, 4.69) is 17.4 Å². The molecule has 0 spiro atoms. The van der Waals surface area contributed by atoms with E-state index in [1.807, 2.05) is 12.1 Å². The molecule has 0 saturated carbocycles. The average molecular weight is 244 g/mol. The van der Waals surface area contributed by atoms with Crippen LogP contribution in [0.25, 0.3) is 0 Å². The second-order valence-electron chi connectivity index (χ2n) is 4.90. The molecule has 1 heterocycles. The third-order valence-corrected chi connectivity index (χ3v) is 3.80. The topological polar surface area (TPSA) is 49.4 Å². The number of fused-ring (bicyclic) bond motifs is 1. The van der Waals surface area contributed by atoms with E-state index in [1.54, 1.807) is 4.90 Å². The van der Waals surface area contributed by atoms with Crippen molar-refractivity contribution in [2.24, 2.45) is 0 Å². The Morgan fingerprint density at radius 1 is 1.17 bits per heavy atom. The van der Waals surface area contributed by atoms with Crippen LogP contribution >= 0.6 is 0 Å². The number of carbonyl (C=O) groups is 2. The number of hydrogen-bond acceptors (Lipinski definition) is 2. The van der Waals surface area contributed by atoms with Crippen LogP contribution < -0.4 is 5.32 Å². The first kappa shape index (κ1) is 11.3. The zero-order chi connectivity index (χ0) is 12.5. The van der Waals surface area contributed by atoms with Gasteiger partial charge in [0.15, 0.2) is 0 Å². The zero-order valence-electron chi connectivity index (χ0n) is 10.2. The van der Waals surface area contributed by atoms with Crippen LogP contribution in [-0.2, 0) is 11.2 Å². The highest BCUT2D eigenvalue weighted by atomic mass is 16.2. The second-order valence-corrected chi connectivity index (χ2v) is 4.90. The fourth-order valence-electron chi connectivity index (χ4n) is 2.93. The van der Waals surface area contributed by atoms with Crippen LogP contribution in [0.15, 0.2) is 24.3 Å². The van der Waals surface area contributed by atoms with Crippen molar-refractivity contribution in [3.05, 3.63) is 35.4 Å². The first-order valence-electron chi connectivity index (χ1n) is 6.44. The summed E-state index contributed by atoms with van der Waals surface area (Å²) in [6.07, 6.45) is 3.57. The molecule has 1 N–H and O–H groups in total. The molecule has 3 rings (SSSR count). The lowest BCUT2D eigenvalue weighted by atomic mass is 9.86. The minimum atomic E-state index is -0.243. The maximum Gasteiger partial charge on any atom is 0.324 e. The van der Waals surface area contributed by atoms with Gasteiger partial charge >= 0.3 is 6.03 Å². The van der Waals surface area contributed by atoms with E-state index in [0.29, 0.717) is 13.0 Å². The smallest absolute Gasteiger partial charge is 0.317 e. The van der Waals surface area contributed by atoms with Gasteiger partial charge in [0, 0.05) is 13.0 Å². The fraction of sp³-hybridized carbons (Fsp3) is 0.429. The van der Waals surface area contributed by atoms with Gasteiger partial charge in [-0.1, -0.05) is 24.3 Å². The van der Waals surface area contributed by atoms with Gasteiger partial charge in [-0.2, -0.15) is 0 Å². The molecule has 1 fully saturated rings. The second kappa shape index (κ2) is 4.44. The van der Waals surface area contributed by atoms with Crippen LogP contribution in [0.2, 0.25) is 0 Å². The van der Waals surface area contributed by atoms with Gasteiger partial charge in [-0.25, -0.2) is 4.79 Å². The number of nitrogens with zero attached hydrogens (tertiary/aromatic N) is 1. The number of urea groups is 1. The minimum absolute atomic E-state index is 0.128. The van der Waals surface area contributed by atoms with Gasteiger partial charge in [0.05, 0.1) is 6.04 Å². The van der Waals surface area contributed by atoms with Crippen LogP contribution in [0, 0.1) is 0 Å². The Balaban J connectivity index is 1.89. The van der Waals surface area contributed by atoms with Crippen molar-refractivity contribution in [2.75, 3.05) is 6.54 Å². The van der Waals surface area contributed by atoms with E-state index in [4.69, 9.17) is 0 Å². The molecule has 1 aromatic carbocycles. The molecule has 1 aliphatic heterocycles. The summed E-state index contributed by atoms with van der Waals surface area (Å²) in [7, 11) is 0. The Morgan fingerprint density at radius 2 is 2.00 bits per heavy atom. The van der Waals surface area contributed by atoms with E-state index in [9.17, 15) is 9.59 Å². The van der Waals surface area contributed by atoms with Crippen molar-refractivity contribution in [3.8, 4) is 0 Å². The number of amides is 3. The van der Waals surface area contributed by atoms with Crippen molar-refractivity contribution in [3.63, 3.8) is 0 Å². The molecular formula is C14H16N2O2. The molecule has 94 valence electrons. The number of aryl methyl sites for hydroxylation is 1. The van der Waals surface area contributed by atoms with Gasteiger partial charge in [0.1, 0.15) is 0 Å². The largest absolute Gasteiger partial charge is 0.324 e. The number of hydrogen-bond donors (Lipinski definition) is 1. The molecule has 2 aliphatic rings. The molecule has 18 heavy (non-hydrogen) atoms. The number of carbonyl (C=O) groups excluding carboxylic acids is 2. The Bertz CT molecular complexity index is 498. The number of rotatable bonds is 1. The van der Waals surface area contributed by atoms with Crippen LogP contribution in [0.5, 0.6) is 0 Å². The molecule has 0 radical (unpaired) electrons. The molecule has 0 bridgehead atoms. The van der Waals surface area contributed by atoms with E-state index in [0.717, 1.165) is 19.3 Å². The number of nitrogens with one attached hydrogen (secondary N) is 1. The third-order valence-electron chi connectivity index (χ3n) is 3.80. The molecule has 1 aromatic rings. The molecule has 1 saturated heterocycles. The molecule has 1 aliphatic carbocycles. The van der Waals surface area contributed by atoms with Crippen molar-refractivity contribution < 1.29 is 9.59 Å². The van der Waals surface area contributed by atoms with Crippen LogP contribution in [0.4, 0.5) is 4.79 Å². The number of benzene rings is 1. The van der Waals surface area contributed by atoms with E-state index in [1.165, 1.54) is 11.1 Å². The Morgan fingerprint density at radius 3 is 2.83 bits per heavy atom. The predicted octanol–water partition coefficient (Wildman–Crippen LogP) is 2.01. The predicted molar refractivity (Wildman–Crippen MR) is 67.0 cm³/mol. The van der Waals surface area contributed by atoms with Crippen molar-refractivity contribution in [2.45, 2.75) is 31.7 Å². The Hall–Kier alpha value is -1.84. The number of imide groups is 1. The molecule has 0 aromatic heterocycles. The van der Waals surface area contributed by atoms with Crippen LogP contribution in [0.3, 0.4) is 0 Å². The third kappa shape index (κ3) is 1.88. The Labute approximate surface area is 106 Å². The SMILES string of the molecule is O=C1CCN(C2CCCc3ccccc32)C(=O)N1. The molecule has 3 amide bonds. The molecule has 4 nitrogen and oxygen atoms in total. The summed E-state index contributed by atoms with van der Waals surface area (Å²) in [5.41, 5.74) is 2.58. The normalized spacial score (nSPS) is 23.6. The summed E-state index contributed by atoms with van der Waals surface area (Å²) in [6.45, 7) is 0.531. The van der Waals surface area contributed by atoms with Gasteiger partial charge in [-0.15, -0.1) is 0 Å². The minimum Gasteiger partial charge on any atom is -0.317 e. The maximum absolute atomic E-state index is 11.9. The van der Waals surface area contributed by atoms with Gasteiger partial charge < -0.3 is 4.90 Å². The lowest BCUT2D eigenvalue weighted by Crippen LogP contribution is -2.51. The summed E-state index contributed by atoms with van der Waals surface area (Å²) in [6, 6.07) is 8.18. The summed E-state index contributed by atoms with van der Waals surface area (Å²) in [4.78, 5) is 24.9. The van der Waals surface area contributed by atoms with Crippen molar-refractivity contribution in [1.82, 2.24) is 10.2 Å². The lowest BCUT2D eigenvalue weighted by Gasteiger charge is -2.37. The van der Waals surface area contributed by atoms with Crippen molar-refractivity contribution >= 4 is 11.9 Å². The Kier molecular flexibility index (Phi) is 2.78. The van der Waals surface area contributed by atoms with E-state index < -0.39 is 0 Å². The quantitative estimate of drug-likeness (QED) is 0.821. The van der Waals surface area contributed by atoms with Crippen molar-refractivity contribution in [1.29, 1.82) is 0 Å².